The summed E-state index contributed by atoms with van der Waals surface area (Å²) in [6.07, 6.45) is 7.75. The van der Waals surface area contributed by atoms with Gasteiger partial charge in [0, 0.05) is 18.6 Å². The van der Waals surface area contributed by atoms with E-state index in [1.165, 1.54) is 51.6 Å². The smallest absolute Gasteiger partial charge is 0.0192 e. The van der Waals surface area contributed by atoms with Gasteiger partial charge < -0.3 is 5.32 Å². The van der Waals surface area contributed by atoms with Crippen molar-refractivity contribution >= 4 is 0 Å². The molecule has 2 nitrogen and oxygen atoms in total. The molecule has 1 N–H and O–H groups in total. The summed E-state index contributed by atoms with van der Waals surface area (Å²) in [6.45, 7) is 15.2. The van der Waals surface area contributed by atoms with Crippen molar-refractivity contribution in [2.45, 2.75) is 85.2 Å². The van der Waals surface area contributed by atoms with Crippen molar-refractivity contribution < 1.29 is 0 Å². The van der Waals surface area contributed by atoms with Crippen molar-refractivity contribution in [1.29, 1.82) is 0 Å². The Bertz CT molecular complexity index is 158. The van der Waals surface area contributed by atoms with Crippen molar-refractivity contribution in [2.24, 2.45) is 0 Å². The summed E-state index contributed by atoms with van der Waals surface area (Å²) in [5.41, 5.74) is 0. The molecule has 18 heavy (non-hydrogen) atoms. The summed E-state index contributed by atoms with van der Waals surface area (Å²) < 4.78 is 0. The van der Waals surface area contributed by atoms with Gasteiger partial charge in [-0.25, -0.2) is 0 Å². The predicted molar refractivity (Wildman–Crippen MR) is 83.2 cm³/mol. The SMILES string of the molecule is CCCCN(CCCC)C(C)CNC(CC)CC. The van der Waals surface area contributed by atoms with Gasteiger partial charge in [-0.1, -0.05) is 40.5 Å². The molecule has 0 aromatic carbocycles. The molecule has 0 fully saturated rings. The number of nitrogens with zero attached hydrogens (tertiary/aromatic N) is 1. The number of hydrogen-bond acceptors (Lipinski definition) is 2. The standard InChI is InChI=1S/C16H36N2/c1-6-10-12-18(13-11-7-2)15(5)14-17-16(8-3)9-4/h15-17H,6-14H2,1-5H3. The minimum Gasteiger partial charge on any atom is -0.312 e. The fourth-order valence-corrected chi connectivity index (χ4v) is 2.32. The normalized spacial score (nSPS) is 13.5. The second-order valence-corrected chi connectivity index (χ2v) is 5.51. The molecule has 0 aliphatic carbocycles. The summed E-state index contributed by atoms with van der Waals surface area (Å²) >= 11 is 0. The first-order valence-electron chi connectivity index (χ1n) is 8.16. The van der Waals surface area contributed by atoms with Gasteiger partial charge in [-0.3, -0.25) is 4.90 Å². The summed E-state index contributed by atoms with van der Waals surface area (Å²) in [5, 5.41) is 3.71. The van der Waals surface area contributed by atoms with Crippen LogP contribution in [-0.2, 0) is 0 Å². The van der Waals surface area contributed by atoms with E-state index in [-0.39, 0.29) is 0 Å². The van der Waals surface area contributed by atoms with E-state index in [0.29, 0.717) is 12.1 Å². The number of unbranched alkanes of at least 4 members (excludes halogenated alkanes) is 2. The van der Waals surface area contributed by atoms with Crippen molar-refractivity contribution in [3.63, 3.8) is 0 Å². The summed E-state index contributed by atoms with van der Waals surface area (Å²) in [6, 6.07) is 1.37. The van der Waals surface area contributed by atoms with Crippen LogP contribution in [0.4, 0.5) is 0 Å². The lowest BCUT2D eigenvalue weighted by molar-refractivity contribution is 0.193. The Morgan fingerprint density at radius 3 is 1.78 bits per heavy atom. The van der Waals surface area contributed by atoms with Gasteiger partial charge in [-0.05, 0) is 45.7 Å². The first-order valence-corrected chi connectivity index (χ1v) is 8.16. The van der Waals surface area contributed by atoms with Crippen LogP contribution in [0, 0.1) is 0 Å². The molecule has 1 unspecified atom stereocenters. The molecule has 0 radical (unpaired) electrons. The fraction of sp³-hybridized carbons (Fsp3) is 1.00. The molecule has 0 bridgehead atoms. The Balaban J connectivity index is 4.04. The largest absolute Gasteiger partial charge is 0.312 e. The van der Waals surface area contributed by atoms with Crippen LogP contribution in [0.15, 0.2) is 0 Å². The van der Waals surface area contributed by atoms with E-state index >= 15 is 0 Å². The van der Waals surface area contributed by atoms with Crippen molar-refractivity contribution in [3.05, 3.63) is 0 Å². The monoisotopic (exact) mass is 256 g/mol. The van der Waals surface area contributed by atoms with Crippen LogP contribution in [0.2, 0.25) is 0 Å². The van der Waals surface area contributed by atoms with Gasteiger partial charge in [0.15, 0.2) is 0 Å². The molecule has 0 spiro atoms. The summed E-state index contributed by atoms with van der Waals surface area (Å²) in [7, 11) is 0. The van der Waals surface area contributed by atoms with Gasteiger partial charge in [0.05, 0.1) is 0 Å². The third kappa shape index (κ3) is 8.10. The molecule has 1 atom stereocenters. The van der Waals surface area contributed by atoms with E-state index in [1.807, 2.05) is 0 Å². The topological polar surface area (TPSA) is 15.3 Å². The molecular weight excluding hydrogens is 220 g/mol. The molecule has 2 heteroatoms. The maximum absolute atomic E-state index is 3.71. The van der Waals surface area contributed by atoms with Gasteiger partial charge in [0.2, 0.25) is 0 Å². The Labute approximate surface area is 116 Å². The second-order valence-electron chi connectivity index (χ2n) is 5.51. The number of rotatable bonds is 12. The molecule has 0 aromatic heterocycles. The lowest BCUT2D eigenvalue weighted by Crippen LogP contribution is -2.44. The van der Waals surface area contributed by atoms with Crippen molar-refractivity contribution in [1.82, 2.24) is 10.2 Å². The van der Waals surface area contributed by atoms with E-state index in [1.54, 1.807) is 0 Å². The van der Waals surface area contributed by atoms with Crippen LogP contribution < -0.4 is 5.32 Å². The lowest BCUT2D eigenvalue weighted by atomic mass is 10.1. The first-order chi connectivity index (χ1) is 8.69. The van der Waals surface area contributed by atoms with Crippen LogP contribution in [0.3, 0.4) is 0 Å². The highest BCUT2D eigenvalue weighted by Crippen LogP contribution is 2.05. The zero-order valence-electron chi connectivity index (χ0n) is 13.5. The third-order valence-electron chi connectivity index (χ3n) is 3.91. The molecule has 0 heterocycles. The zero-order valence-corrected chi connectivity index (χ0v) is 13.5. The molecule has 0 rings (SSSR count). The van der Waals surface area contributed by atoms with E-state index < -0.39 is 0 Å². The minimum atomic E-state index is 0.670. The summed E-state index contributed by atoms with van der Waals surface area (Å²) in [5.74, 6) is 0. The Kier molecular flexibility index (Phi) is 11.9. The molecule has 0 aliphatic rings. The minimum absolute atomic E-state index is 0.670. The third-order valence-corrected chi connectivity index (χ3v) is 3.91. The lowest BCUT2D eigenvalue weighted by Gasteiger charge is -2.30. The quantitative estimate of drug-likeness (QED) is 0.566. The molecule has 0 saturated carbocycles. The van der Waals surface area contributed by atoms with Gasteiger partial charge in [0.25, 0.3) is 0 Å². The van der Waals surface area contributed by atoms with E-state index in [4.69, 9.17) is 0 Å². The predicted octanol–water partition coefficient (Wildman–Crippen LogP) is 4.06. The number of hydrogen-bond donors (Lipinski definition) is 1. The Morgan fingerprint density at radius 2 is 1.39 bits per heavy atom. The van der Waals surface area contributed by atoms with Crippen LogP contribution in [0.1, 0.15) is 73.1 Å². The number of nitrogens with one attached hydrogen (secondary N) is 1. The zero-order chi connectivity index (χ0) is 13.8. The van der Waals surface area contributed by atoms with Crippen LogP contribution in [-0.4, -0.2) is 36.6 Å². The molecular formula is C16H36N2. The van der Waals surface area contributed by atoms with Crippen LogP contribution in [0.25, 0.3) is 0 Å². The molecule has 0 aromatic rings. The first kappa shape index (κ1) is 17.9. The van der Waals surface area contributed by atoms with Crippen LogP contribution >= 0.6 is 0 Å². The molecule has 0 amide bonds. The summed E-state index contributed by atoms with van der Waals surface area (Å²) in [4.78, 5) is 2.67. The average molecular weight is 256 g/mol. The highest BCUT2D eigenvalue weighted by Gasteiger charge is 2.13. The maximum Gasteiger partial charge on any atom is 0.0192 e. The van der Waals surface area contributed by atoms with Gasteiger partial charge in [0.1, 0.15) is 0 Å². The fourth-order valence-electron chi connectivity index (χ4n) is 2.32. The highest BCUT2D eigenvalue weighted by atomic mass is 15.2. The Hall–Kier alpha value is -0.0800. The maximum atomic E-state index is 3.71. The van der Waals surface area contributed by atoms with E-state index in [0.717, 1.165) is 6.54 Å². The van der Waals surface area contributed by atoms with Gasteiger partial charge in [-0.15, -0.1) is 0 Å². The highest BCUT2D eigenvalue weighted by molar-refractivity contribution is 4.72. The van der Waals surface area contributed by atoms with Crippen molar-refractivity contribution in [2.75, 3.05) is 19.6 Å². The Morgan fingerprint density at radius 1 is 0.889 bits per heavy atom. The second kappa shape index (κ2) is 12.0. The van der Waals surface area contributed by atoms with E-state index in [2.05, 4.69) is 44.8 Å². The van der Waals surface area contributed by atoms with Gasteiger partial charge >= 0.3 is 0 Å². The van der Waals surface area contributed by atoms with Crippen LogP contribution in [0.5, 0.6) is 0 Å². The molecule has 0 saturated heterocycles. The average Bonchev–Trinajstić information content (AvgIpc) is 2.39. The molecule has 0 aliphatic heterocycles. The van der Waals surface area contributed by atoms with Crippen molar-refractivity contribution in [3.8, 4) is 0 Å². The van der Waals surface area contributed by atoms with Gasteiger partial charge in [-0.2, -0.15) is 0 Å². The molecule has 110 valence electrons. The van der Waals surface area contributed by atoms with E-state index in [9.17, 15) is 0 Å².